The molecular formula is C20H30N2O4. The van der Waals surface area contributed by atoms with Crippen LogP contribution in [0.25, 0.3) is 0 Å². The van der Waals surface area contributed by atoms with E-state index in [-0.39, 0.29) is 6.10 Å². The minimum Gasteiger partial charge on any atom is -0.382 e. The van der Waals surface area contributed by atoms with Crippen molar-refractivity contribution in [3.63, 3.8) is 0 Å². The van der Waals surface area contributed by atoms with Crippen LogP contribution in [0.3, 0.4) is 0 Å². The standard InChI is InChI=1S/C20H30N2O4/c1-20(2)25-14-18(21-22-11-7-10-17(22)13-23-3)19(26-20)15-24-12-16-8-5-4-6-9-16/h4-6,8-9,17,19H,7,10-15H2,1-3H3/b21-18-/t17-,19-/m0/s1. The fourth-order valence-electron chi connectivity index (χ4n) is 3.35. The first-order chi connectivity index (χ1) is 12.6. The van der Waals surface area contributed by atoms with Gasteiger partial charge in [-0.05, 0) is 32.3 Å². The van der Waals surface area contributed by atoms with Gasteiger partial charge in [0, 0.05) is 13.7 Å². The van der Waals surface area contributed by atoms with Crippen LogP contribution < -0.4 is 0 Å². The molecule has 0 N–H and O–H groups in total. The summed E-state index contributed by atoms with van der Waals surface area (Å²) in [6, 6.07) is 10.5. The Balaban J connectivity index is 1.63. The molecule has 144 valence electrons. The molecule has 0 saturated carbocycles. The molecule has 2 aliphatic rings. The summed E-state index contributed by atoms with van der Waals surface area (Å²) in [6.07, 6.45) is 2.03. The van der Waals surface area contributed by atoms with Crippen molar-refractivity contribution in [1.29, 1.82) is 0 Å². The van der Waals surface area contributed by atoms with Gasteiger partial charge in [-0.3, -0.25) is 5.01 Å². The Hall–Kier alpha value is -1.47. The monoisotopic (exact) mass is 362 g/mol. The van der Waals surface area contributed by atoms with E-state index in [0.29, 0.717) is 32.5 Å². The molecule has 0 aliphatic carbocycles. The number of benzene rings is 1. The van der Waals surface area contributed by atoms with E-state index in [9.17, 15) is 0 Å². The van der Waals surface area contributed by atoms with Crippen LogP contribution in [0.2, 0.25) is 0 Å². The van der Waals surface area contributed by atoms with Crippen molar-refractivity contribution in [2.75, 3.05) is 33.5 Å². The summed E-state index contributed by atoms with van der Waals surface area (Å²) >= 11 is 0. The lowest BCUT2D eigenvalue weighted by molar-refractivity contribution is -0.242. The van der Waals surface area contributed by atoms with E-state index in [1.54, 1.807) is 7.11 Å². The van der Waals surface area contributed by atoms with Crippen molar-refractivity contribution in [3.05, 3.63) is 35.9 Å². The van der Waals surface area contributed by atoms with Crippen LogP contribution in [0.1, 0.15) is 32.3 Å². The summed E-state index contributed by atoms with van der Waals surface area (Å²) in [6.45, 7) is 6.98. The molecule has 2 saturated heterocycles. The molecular weight excluding hydrogens is 332 g/mol. The Kier molecular flexibility index (Phi) is 6.64. The predicted molar refractivity (Wildman–Crippen MR) is 100 cm³/mol. The van der Waals surface area contributed by atoms with Crippen LogP contribution in [0.15, 0.2) is 35.4 Å². The maximum Gasteiger partial charge on any atom is 0.164 e. The zero-order valence-electron chi connectivity index (χ0n) is 16.0. The highest BCUT2D eigenvalue weighted by molar-refractivity contribution is 5.90. The maximum atomic E-state index is 6.09. The fraction of sp³-hybridized carbons (Fsp3) is 0.650. The highest BCUT2D eigenvalue weighted by Gasteiger charge is 2.35. The number of hydrazone groups is 1. The molecule has 0 bridgehead atoms. The number of methoxy groups -OCH3 is 1. The van der Waals surface area contributed by atoms with Gasteiger partial charge in [0.25, 0.3) is 0 Å². The van der Waals surface area contributed by atoms with Gasteiger partial charge in [-0.25, -0.2) is 0 Å². The summed E-state index contributed by atoms with van der Waals surface area (Å²) < 4.78 is 23.1. The van der Waals surface area contributed by atoms with Gasteiger partial charge in [0.05, 0.1) is 38.2 Å². The van der Waals surface area contributed by atoms with E-state index >= 15 is 0 Å². The summed E-state index contributed by atoms with van der Waals surface area (Å²) in [5, 5.41) is 6.97. The highest BCUT2D eigenvalue weighted by Crippen LogP contribution is 2.24. The lowest BCUT2D eigenvalue weighted by Crippen LogP contribution is -2.49. The number of hydrogen-bond donors (Lipinski definition) is 0. The molecule has 1 aromatic rings. The van der Waals surface area contributed by atoms with E-state index in [1.165, 1.54) is 0 Å². The second-order valence-corrected chi connectivity index (χ2v) is 7.30. The zero-order chi connectivity index (χ0) is 18.4. The zero-order valence-corrected chi connectivity index (χ0v) is 16.0. The second-order valence-electron chi connectivity index (χ2n) is 7.30. The van der Waals surface area contributed by atoms with Gasteiger partial charge in [0.15, 0.2) is 5.79 Å². The van der Waals surface area contributed by atoms with Crippen LogP contribution in [0.4, 0.5) is 0 Å². The van der Waals surface area contributed by atoms with E-state index in [2.05, 4.69) is 17.1 Å². The molecule has 0 aromatic heterocycles. The Labute approximate surface area is 156 Å². The van der Waals surface area contributed by atoms with Crippen molar-refractivity contribution in [2.45, 2.75) is 51.2 Å². The predicted octanol–water partition coefficient (Wildman–Crippen LogP) is 2.82. The third-order valence-electron chi connectivity index (χ3n) is 4.71. The summed E-state index contributed by atoms with van der Waals surface area (Å²) in [5.74, 6) is -0.628. The van der Waals surface area contributed by atoms with Gasteiger partial charge < -0.3 is 18.9 Å². The molecule has 2 heterocycles. The van der Waals surface area contributed by atoms with E-state index in [0.717, 1.165) is 30.7 Å². The average molecular weight is 362 g/mol. The molecule has 1 aromatic carbocycles. The Morgan fingerprint density at radius 3 is 2.81 bits per heavy atom. The summed E-state index contributed by atoms with van der Waals surface area (Å²) in [5.41, 5.74) is 2.04. The van der Waals surface area contributed by atoms with Gasteiger partial charge >= 0.3 is 0 Å². The summed E-state index contributed by atoms with van der Waals surface area (Å²) in [4.78, 5) is 0. The van der Waals surface area contributed by atoms with Crippen LogP contribution in [0.5, 0.6) is 0 Å². The van der Waals surface area contributed by atoms with Gasteiger partial charge in [0.2, 0.25) is 0 Å². The lowest BCUT2D eigenvalue weighted by Gasteiger charge is -2.37. The highest BCUT2D eigenvalue weighted by atomic mass is 16.7. The molecule has 2 aliphatic heterocycles. The molecule has 0 unspecified atom stereocenters. The third kappa shape index (κ3) is 5.27. The normalized spacial score (nSPS) is 27.2. The molecule has 26 heavy (non-hydrogen) atoms. The van der Waals surface area contributed by atoms with E-state index in [1.807, 2.05) is 32.0 Å². The molecule has 6 nitrogen and oxygen atoms in total. The van der Waals surface area contributed by atoms with Gasteiger partial charge in [0.1, 0.15) is 6.10 Å². The SMILES string of the molecule is COC[C@@H]1CCCN1/N=C1/COC(C)(C)O[C@H]1COCc1ccccc1. The van der Waals surface area contributed by atoms with Crippen molar-refractivity contribution in [1.82, 2.24) is 5.01 Å². The van der Waals surface area contributed by atoms with E-state index in [4.69, 9.17) is 24.0 Å². The van der Waals surface area contributed by atoms with Crippen LogP contribution >= 0.6 is 0 Å². The van der Waals surface area contributed by atoms with Crippen LogP contribution in [-0.4, -0.2) is 62.1 Å². The molecule has 0 amide bonds. The lowest BCUT2D eigenvalue weighted by atomic mass is 10.2. The Morgan fingerprint density at radius 2 is 2.04 bits per heavy atom. The molecule has 0 radical (unpaired) electrons. The molecule has 6 heteroatoms. The average Bonchev–Trinajstić information content (AvgIpc) is 3.05. The number of hydrogen-bond acceptors (Lipinski definition) is 6. The number of nitrogens with zero attached hydrogens (tertiary/aromatic N) is 2. The molecule has 3 rings (SSSR count). The quantitative estimate of drug-likeness (QED) is 0.747. The van der Waals surface area contributed by atoms with Crippen molar-refractivity contribution in [2.24, 2.45) is 5.10 Å². The molecule has 2 fully saturated rings. The minimum absolute atomic E-state index is 0.203. The first-order valence-corrected chi connectivity index (χ1v) is 9.34. The van der Waals surface area contributed by atoms with Gasteiger partial charge in [-0.1, -0.05) is 30.3 Å². The third-order valence-corrected chi connectivity index (χ3v) is 4.71. The molecule has 0 spiro atoms. The first-order valence-electron chi connectivity index (χ1n) is 9.34. The maximum absolute atomic E-state index is 6.09. The van der Waals surface area contributed by atoms with E-state index < -0.39 is 5.79 Å². The first kappa shape index (κ1) is 19.3. The number of rotatable bonds is 7. The van der Waals surface area contributed by atoms with Crippen molar-refractivity contribution in [3.8, 4) is 0 Å². The number of ether oxygens (including phenoxy) is 4. The Bertz CT molecular complexity index is 591. The smallest absolute Gasteiger partial charge is 0.164 e. The summed E-state index contributed by atoms with van der Waals surface area (Å²) in [7, 11) is 1.74. The second kappa shape index (κ2) is 8.95. The minimum atomic E-state index is -0.628. The van der Waals surface area contributed by atoms with Crippen LogP contribution in [0, 0.1) is 0 Å². The largest absolute Gasteiger partial charge is 0.382 e. The topological polar surface area (TPSA) is 52.5 Å². The van der Waals surface area contributed by atoms with Crippen LogP contribution in [-0.2, 0) is 25.6 Å². The van der Waals surface area contributed by atoms with Crippen molar-refractivity contribution >= 4 is 5.71 Å². The van der Waals surface area contributed by atoms with Crippen molar-refractivity contribution < 1.29 is 18.9 Å². The van der Waals surface area contributed by atoms with Gasteiger partial charge in [-0.2, -0.15) is 5.10 Å². The van der Waals surface area contributed by atoms with Gasteiger partial charge in [-0.15, -0.1) is 0 Å². The Morgan fingerprint density at radius 1 is 1.23 bits per heavy atom. The molecule has 2 atom stereocenters. The fourth-order valence-corrected chi connectivity index (χ4v) is 3.35.